The van der Waals surface area contributed by atoms with E-state index in [0.29, 0.717) is 36.7 Å². The van der Waals surface area contributed by atoms with Crippen LogP contribution in [-0.4, -0.2) is 41.9 Å². The average Bonchev–Trinajstić information content (AvgIpc) is 3.39. The lowest BCUT2D eigenvalue weighted by Gasteiger charge is -2.30. The second-order valence-electron chi connectivity index (χ2n) is 7.11. The molecule has 1 aromatic carbocycles. The summed E-state index contributed by atoms with van der Waals surface area (Å²) in [4.78, 5) is 16.8. The number of carbonyl (C=O) groups excluding carboxylic acids is 1. The maximum atomic E-state index is 14.0. The summed E-state index contributed by atoms with van der Waals surface area (Å²) in [5, 5.41) is 8.20. The van der Waals surface area contributed by atoms with E-state index < -0.39 is 27.7 Å². The van der Waals surface area contributed by atoms with E-state index in [-0.39, 0.29) is 21.5 Å². The van der Waals surface area contributed by atoms with Crippen LogP contribution in [0.25, 0.3) is 11.4 Å². The Balaban J connectivity index is 1.48. The molecule has 0 radical (unpaired) electrons. The summed E-state index contributed by atoms with van der Waals surface area (Å²) in [5.74, 6) is -0.985. The monoisotopic (exact) mass is 484 g/mol. The van der Waals surface area contributed by atoms with E-state index >= 15 is 0 Å². The Labute approximate surface area is 187 Å². The second-order valence-corrected chi connectivity index (χ2v) is 10.6. The first-order valence-electron chi connectivity index (χ1n) is 9.39. The van der Waals surface area contributed by atoms with Crippen LogP contribution in [0.1, 0.15) is 18.7 Å². The number of halogens is 2. The minimum atomic E-state index is -3.80. The van der Waals surface area contributed by atoms with Crippen molar-refractivity contribution in [2.75, 3.05) is 18.4 Å². The van der Waals surface area contributed by atoms with Crippen molar-refractivity contribution in [3.63, 3.8) is 0 Å². The molecule has 1 fully saturated rings. The van der Waals surface area contributed by atoms with Gasteiger partial charge in [0.25, 0.3) is 10.0 Å². The Morgan fingerprint density at radius 2 is 2.19 bits per heavy atom. The maximum absolute atomic E-state index is 14.0. The third-order valence-electron chi connectivity index (χ3n) is 4.90. The molecule has 164 valence electrons. The largest absolute Gasteiger partial charge is 0.339 e. The van der Waals surface area contributed by atoms with E-state index in [9.17, 15) is 17.6 Å². The van der Waals surface area contributed by atoms with Gasteiger partial charge in [0.15, 0.2) is 0 Å². The Kier molecular flexibility index (Phi) is 6.11. The van der Waals surface area contributed by atoms with Crippen molar-refractivity contribution < 1.29 is 22.1 Å². The van der Waals surface area contributed by atoms with Gasteiger partial charge >= 0.3 is 0 Å². The first kappa shape index (κ1) is 21.9. The first-order valence-corrected chi connectivity index (χ1v) is 12.1. The Hall–Kier alpha value is -2.34. The highest BCUT2D eigenvalue weighted by Crippen LogP contribution is 2.31. The molecule has 1 atom stereocenters. The average molecular weight is 485 g/mol. The molecule has 1 saturated heterocycles. The quantitative estimate of drug-likeness (QED) is 0.588. The Morgan fingerprint density at radius 1 is 1.39 bits per heavy atom. The van der Waals surface area contributed by atoms with Crippen LogP contribution in [-0.2, 0) is 14.8 Å². The number of aromatic nitrogens is 2. The van der Waals surface area contributed by atoms with Gasteiger partial charge in [0.1, 0.15) is 10.0 Å². The van der Waals surface area contributed by atoms with Crippen molar-refractivity contribution in [2.24, 2.45) is 5.92 Å². The van der Waals surface area contributed by atoms with Gasteiger partial charge in [-0.2, -0.15) is 9.29 Å². The molecule has 4 rings (SSSR count). The lowest BCUT2D eigenvalue weighted by molar-refractivity contribution is -0.120. The molecule has 31 heavy (non-hydrogen) atoms. The summed E-state index contributed by atoms with van der Waals surface area (Å²) >= 11 is 6.79. The number of nitrogens with zero attached hydrogens (tertiary/aromatic N) is 3. The number of aryl methyl sites for hydroxylation is 1. The van der Waals surface area contributed by atoms with Gasteiger partial charge in [-0.05, 0) is 37.1 Å². The van der Waals surface area contributed by atoms with E-state index in [4.69, 9.17) is 16.1 Å². The number of nitrogens with one attached hydrogen (secondary N) is 1. The van der Waals surface area contributed by atoms with Crippen LogP contribution in [0.3, 0.4) is 0 Å². The number of rotatable bonds is 5. The van der Waals surface area contributed by atoms with Crippen molar-refractivity contribution in [1.29, 1.82) is 0 Å². The normalized spacial score (nSPS) is 17.6. The van der Waals surface area contributed by atoms with Gasteiger partial charge < -0.3 is 9.84 Å². The number of anilines is 1. The van der Waals surface area contributed by atoms with Gasteiger partial charge in [-0.15, -0.1) is 11.3 Å². The van der Waals surface area contributed by atoms with E-state index in [1.165, 1.54) is 22.5 Å². The minimum Gasteiger partial charge on any atom is -0.339 e. The summed E-state index contributed by atoms with van der Waals surface area (Å²) in [6, 6.07) is 5.45. The van der Waals surface area contributed by atoms with Crippen molar-refractivity contribution >= 4 is 44.6 Å². The molecule has 3 heterocycles. The Bertz CT molecular complexity index is 1230. The molecular weight excluding hydrogens is 467 g/mol. The lowest BCUT2D eigenvalue weighted by atomic mass is 9.98. The van der Waals surface area contributed by atoms with Gasteiger partial charge in [-0.3, -0.25) is 4.79 Å². The summed E-state index contributed by atoms with van der Waals surface area (Å²) in [6.45, 7) is 1.96. The van der Waals surface area contributed by atoms with Crippen molar-refractivity contribution in [2.45, 2.75) is 24.0 Å². The minimum absolute atomic E-state index is 0.00712. The molecule has 0 unspecified atom stereocenters. The summed E-state index contributed by atoms with van der Waals surface area (Å²) in [6.07, 6.45) is 1.02. The molecule has 1 aliphatic rings. The first-order chi connectivity index (χ1) is 14.7. The highest BCUT2D eigenvalue weighted by Gasteiger charge is 2.34. The summed E-state index contributed by atoms with van der Waals surface area (Å²) in [5.41, 5.74) is 0.553. The van der Waals surface area contributed by atoms with Gasteiger partial charge in [-0.1, -0.05) is 16.8 Å². The van der Waals surface area contributed by atoms with Crippen molar-refractivity contribution in [1.82, 2.24) is 14.4 Å². The zero-order chi connectivity index (χ0) is 22.2. The van der Waals surface area contributed by atoms with Crippen molar-refractivity contribution in [3.8, 4) is 11.4 Å². The van der Waals surface area contributed by atoms with E-state index in [1.807, 2.05) is 0 Å². The molecule has 12 heteroatoms. The van der Waals surface area contributed by atoms with Gasteiger partial charge in [0, 0.05) is 36.0 Å². The summed E-state index contributed by atoms with van der Waals surface area (Å²) < 4.78 is 46.6. The molecule has 3 aromatic rings. The zero-order valence-electron chi connectivity index (χ0n) is 16.3. The van der Waals surface area contributed by atoms with Crippen LogP contribution >= 0.6 is 22.9 Å². The number of benzene rings is 1. The number of piperidine rings is 1. The molecule has 1 aliphatic heterocycles. The van der Waals surface area contributed by atoms with Gasteiger partial charge in [0.2, 0.25) is 17.6 Å². The highest BCUT2D eigenvalue weighted by molar-refractivity contribution is 7.91. The molecule has 0 bridgehead atoms. The van der Waals surface area contributed by atoms with Gasteiger partial charge in [-0.25, -0.2) is 12.8 Å². The predicted octanol–water partition coefficient (Wildman–Crippen LogP) is 3.94. The smallest absolute Gasteiger partial charge is 0.252 e. The van der Waals surface area contributed by atoms with E-state index in [0.717, 1.165) is 17.4 Å². The number of sulfonamides is 1. The number of thiophene rings is 1. The number of hydrogen-bond acceptors (Lipinski definition) is 7. The number of carbonyl (C=O) groups is 1. The SMILES string of the molecule is Cc1nc(-c2csc(S(=O)(=O)N3CCC[C@H](C(=O)Nc4ccc(Cl)cc4F)C3)c2)no1. The predicted molar refractivity (Wildman–Crippen MR) is 114 cm³/mol. The van der Waals surface area contributed by atoms with Crippen LogP contribution in [0.4, 0.5) is 10.1 Å². The Morgan fingerprint density at radius 3 is 2.90 bits per heavy atom. The lowest BCUT2D eigenvalue weighted by Crippen LogP contribution is -2.43. The fourth-order valence-corrected chi connectivity index (χ4v) is 6.31. The van der Waals surface area contributed by atoms with Gasteiger partial charge in [0.05, 0.1) is 11.6 Å². The summed E-state index contributed by atoms with van der Waals surface area (Å²) in [7, 11) is -3.80. The topological polar surface area (TPSA) is 105 Å². The van der Waals surface area contributed by atoms with Crippen LogP contribution in [0.15, 0.2) is 38.4 Å². The fourth-order valence-electron chi connectivity index (χ4n) is 3.31. The molecule has 1 amide bonds. The van der Waals surface area contributed by atoms with Crippen LogP contribution < -0.4 is 5.32 Å². The zero-order valence-corrected chi connectivity index (χ0v) is 18.7. The molecule has 1 N–H and O–H groups in total. The third kappa shape index (κ3) is 4.64. The van der Waals surface area contributed by atoms with Crippen LogP contribution in [0, 0.1) is 18.7 Å². The van der Waals surface area contributed by atoms with Crippen LogP contribution in [0.5, 0.6) is 0 Å². The molecule has 0 saturated carbocycles. The standard InChI is InChI=1S/C19H18ClFN4O4S2/c1-11-22-18(24-29-11)13-7-17(30-10-13)31(27,28)25-6-2-3-12(9-25)19(26)23-16-5-4-14(20)8-15(16)21/h4-5,7-8,10,12H,2-3,6,9H2,1H3,(H,23,26)/t12-/m0/s1. The maximum Gasteiger partial charge on any atom is 0.252 e. The molecule has 0 aliphatic carbocycles. The van der Waals surface area contributed by atoms with Crippen LogP contribution in [0.2, 0.25) is 5.02 Å². The second kappa shape index (κ2) is 8.65. The van der Waals surface area contributed by atoms with E-state index in [1.54, 1.807) is 12.3 Å². The molecule has 2 aromatic heterocycles. The third-order valence-corrected chi connectivity index (χ3v) is 8.41. The fraction of sp³-hybridized carbons (Fsp3) is 0.316. The number of hydrogen-bond donors (Lipinski definition) is 1. The van der Waals surface area contributed by atoms with Crippen molar-refractivity contribution in [3.05, 3.63) is 46.4 Å². The molecule has 0 spiro atoms. The number of amides is 1. The van der Waals surface area contributed by atoms with E-state index in [2.05, 4.69) is 15.5 Å². The molecule has 8 nitrogen and oxygen atoms in total. The molecular formula is C19H18ClFN4O4S2. The highest BCUT2D eigenvalue weighted by atomic mass is 35.5.